The fourth-order valence-electron chi connectivity index (χ4n) is 4.09. The fraction of sp³-hybridized carbons (Fsp3) is 0.200. The van der Waals surface area contributed by atoms with Gasteiger partial charge in [-0.1, -0.05) is 0 Å². The molecule has 1 saturated heterocycles. The normalized spacial score (nSPS) is 14.5. The van der Waals surface area contributed by atoms with Crippen LogP contribution in [0.25, 0.3) is 21.1 Å². The van der Waals surface area contributed by atoms with Gasteiger partial charge in [0.1, 0.15) is 16.3 Å². The molecule has 9 nitrogen and oxygen atoms in total. The van der Waals surface area contributed by atoms with Crippen molar-refractivity contribution < 1.29 is 4.74 Å². The molecule has 5 aromatic rings. The van der Waals surface area contributed by atoms with Gasteiger partial charge in [-0.2, -0.15) is 4.98 Å². The van der Waals surface area contributed by atoms with Crippen LogP contribution < -0.4 is 20.5 Å². The maximum absolute atomic E-state index is 11.7. The Morgan fingerprint density at radius 2 is 1.89 bits per heavy atom. The van der Waals surface area contributed by atoms with Crippen molar-refractivity contribution in [1.82, 2.24) is 24.8 Å². The van der Waals surface area contributed by atoms with E-state index in [0.717, 1.165) is 47.5 Å². The highest BCUT2D eigenvalue weighted by molar-refractivity contribution is 7.17. The first kappa shape index (κ1) is 21.5. The number of fused-ring (bicyclic) bond motifs is 2. The predicted molar refractivity (Wildman–Crippen MR) is 139 cm³/mol. The summed E-state index contributed by atoms with van der Waals surface area (Å²) in [7, 11) is 2.14. The molecule has 0 bridgehead atoms. The lowest BCUT2D eigenvalue weighted by molar-refractivity contribution is 0.313. The number of rotatable bonds is 5. The van der Waals surface area contributed by atoms with Crippen molar-refractivity contribution >= 4 is 49.9 Å². The summed E-state index contributed by atoms with van der Waals surface area (Å²) in [6, 6.07) is 14.8. The van der Waals surface area contributed by atoms with Gasteiger partial charge in [0.25, 0.3) is 0 Å². The van der Waals surface area contributed by atoms with E-state index in [0.29, 0.717) is 28.9 Å². The summed E-state index contributed by atoms with van der Waals surface area (Å²) in [4.78, 5) is 33.0. The standard InChI is InChI=1S/C25H23N7O2S/c1-31-9-11-32(12-10-31)17-4-6-21(26-15-17)29-25-28-19-8-13-35-23(19)24(30-25)34-18-5-2-16-3-7-22(33)27-20(16)14-18/h2-8,13-15H,9-12H2,1H3,(H,27,33)(H,26,28,29,30). The number of aromatic nitrogens is 4. The third kappa shape index (κ3) is 4.53. The summed E-state index contributed by atoms with van der Waals surface area (Å²) < 4.78 is 6.99. The Kier molecular flexibility index (Phi) is 5.51. The van der Waals surface area contributed by atoms with Gasteiger partial charge in [0, 0.05) is 38.3 Å². The second kappa shape index (κ2) is 8.97. The lowest BCUT2D eigenvalue weighted by Crippen LogP contribution is -2.44. The molecule has 1 fully saturated rings. The van der Waals surface area contributed by atoms with Crippen molar-refractivity contribution in [3.8, 4) is 11.6 Å². The predicted octanol–water partition coefficient (Wildman–Crippen LogP) is 4.22. The first-order valence-electron chi connectivity index (χ1n) is 11.3. The number of hydrogen-bond acceptors (Lipinski definition) is 9. The molecular weight excluding hydrogens is 462 g/mol. The minimum absolute atomic E-state index is 0.157. The average Bonchev–Trinajstić information content (AvgIpc) is 3.34. The average molecular weight is 486 g/mol. The third-order valence-corrected chi connectivity index (χ3v) is 6.93. The van der Waals surface area contributed by atoms with E-state index in [1.807, 2.05) is 35.8 Å². The highest BCUT2D eigenvalue weighted by Gasteiger charge is 2.15. The van der Waals surface area contributed by atoms with Gasteiger partial charge in [0.15, 0.2) is 0 Å². The van der Waals surface area contributed by atoms with Crippen molar-refractivity contribution in [3.63, 3.8) is 0 Å². The number of piperazine rings is 1. The number of benzene rings is 1. The van der Waals surface area contributed by atoms with Gasteiger partial charge in [-0.25, -0.2) is 9.97 Å². The Labute approximate surface area is 205 Å². The summed E-state index contributed by atoms with van der Waals surface area (Å²) in [6.45, 7) is 4.08. The topological polar surface area (TPSA) is 99.3 Å². The molecule has 0 aliphatic carbocycles. The molecule has 6 rings (SSSR count). The molecule has 2 N–H and O–H groups in total. The molecule has 0 radical (unpaired) electrons. The number of thiophene rings is 1. The van der Waals surface area contributed by atoms with Gasteiger partial charge in [-0.3, -0.25) is 4.79 Å². The second-order valence-corrected chi connectivity index (χ2v) is 9.39. The van der Waals surface area contributed by atoms with E-state index in [-0.39, 0.29) is 5.56 Å². The summed E-state index contributed by atoms with van der Waals surface area (Å²) in [5.41, 5.74) is 2.44. The van der Waals surface area contributed by atoms with Crippen molar-refractivity contribution in [1.29, 1.82) is 0 Å². The van der Waals surface area contributed by atoms with E-state index in [1.54, 1.807) is 12.1 Å². The molecule has 176 valence electrons. The molecule has 0 amide bonds. The molecule has 0 saturated carbocycles. The van der Waals surface area contributed by atoms with E-state index in [9.17, 15) is 4.79 Å². The smallest absolute Gasteiger partial charge is 0.248 e. The molecule has 1 aliphatic heterocycles. The summed E-state index contributed by atoms with van der Waals surface area (Å²) >= 11 is 1.51. The number of pyridine rings is 2. The number of nitrogens with one attached hydrogen (secondary N) is 2. The molecule has 0 unspecified atom stereocenters. The van der Waals surface area contributed by atoms with Crippen LogP contribution in [-0.4, -0.2) is 58.1 Å². The van der Waals surface area contributed by atoms with E-state index >= 15 is 0 Å². The second-order valence-electron chi connectivity index (χ2n) is 8.48. The van der Waals surface area contributed by atoms with E-state index < -0.39 is 0 Å². The Morgan fingerprint density at radius 1 is 1.03 bits per heavy atom. The van der Waals surface area contributed by atoms with Crippen molar-refractivity contribution in [2.45, 2.75) is 0 Å². The van der Waals surface area contributed by atoms with Crippen LogP contribution in [0.15, 0.2) is 64.9 Å². The van der Waals surface area contributed by atoms with Crippen LogP contribution in [0.5, 0.6) is 11.6 Å². The van der Waals surface area contributed by atoms with Crippen LogP contribution in [0, 0.1) is 0 Å². The number of ether oxygens (including phenoxy) is 1. The Bertz CT molecular complexity index is 1560. The van der Waals surface area contributed by atoms with Gasteiger partial charge in [0.2, 0.25) is 17.4 Å². The van der Waals surface area contributed by atoms with Gasteiger partial charge < -0.3 is 24.8 Å². The quantitative estimate of drug-likeness (QED) is 0.382. The number of aromatic amines is 1. The monoisotopic (exact) mass is 485 g/mol. The van der Waals surface area contributed by atoms with Crippen molar-refractivity contribution in [2.24, 2.45) is 0 Å². The number of H-pyrrole nitrogens is 1. The molecule has 1 aliphatic rings. The zero-order valence-electron chi connectivity index (χ0n) is 19.1. The van der Waals surface area contributed by atoms with Gasteiger partial charge in [0.05, 0.1) is 22.9 Å². The molecule has 35 heavy (non-hydrogen) atoms. The van der Waals surface area contributed by atoms with Crippen LogP contribution >= 0.6 is 11.3 Å². The SMILES string of the molecule is CN1CCN(c2ccc(Nc3nc(Oc4ccc5ccc(=O)[nH]c5c4)c4sccc4n3)nc2)CC1. The number of anilines is 3. The fourth-order valence-corrected chi connectivity index (χ4v) is 4.85. The molecular formula is C25H23N7O2S. The Balaban J connectivity index is 1.25. The third-order valence-electron chi connectivity index (χ3n) is 6.04. The number of hydrogen-bond donors (Lipinski definition) is 2. The van der Waals surface area contributed by atoms with Gasteiger partial charge in [-0.15, -0.1) is 11.3 Å². The maximum Gasteiger partial charge on any atom is 0.248 e. The first-order valence-corrected chi connectivity index (χ1v) is 12.2. The molecule has 5 heterocycles. The zero-order chi connectivity index (χ0) is 23.8. The lowest BCUT2D eigenvalue weighted by atomic mass is 10.2. The summed E-state index contributed by atoms with van der Waals surface area (Å²) in [5, 5.41) is 6.08. The number of likely N-dealkylation sites (N-methyl/N-ethyl adjacent to an activating group) is 1. The Morgan fingerprint density at radius 3 is 2.71 bits per heavy atom. The van der Waals surface area contributed by atoms with Crippen molar-refractivity contribution in [2.75, 3.05) is 43.4 Å². The van der Waals surface area contributed by atoms with Gasteiger partial charge in [-0.05, 0) is 54.2 Å². The maximum atomic E-state index is 11.7. The highest BCUT2D eigenvalue weighted by Crippen LogP contribution is 2.33. The largest absolute Gasteiger partial charge is 0.437 e. The molecule has 4 aromatic heterocycles. The van der Waals surface area contributed by atoms with Gasteiger partial charge >= 0.3 is 0 Å². The van der Waals surface area contributed by atoms with Crippen LogP contribution in [0.4, 0.5) is 17.5 Å². The summed E-state index contributed by atoms with van der Waals surface area (Å²) in [5.74, 6) is 2.08. The molecule has 1 aromatic carbocycles. The van der Waals surface area contributed by atoms with Crippen LogP contribution in [0.2, 0.25) is 0 Å². The number of nitrogens with zero attached hydrogens (tertiary/aromatic N) is 5. The minimum atomic E-state index is -0.157. The van der Waals surface area contributed by atoms with Crippen LogP contribution in [0.3, 0.4) is 0 Å². The highest BCUT2D eigenvalue weighted by atomic mass is 32.1. The Hall–Kier alpha value is -4.02. The summed E-state index contributed by atoms with van der Waals surface area (Å²) in [6.07, 6.45) is 1.88. The molecule has 0 spiro atoms. The molecule has 0 atom stereocenters. The van der Waals surface area contributed by atoms with E-state index in [2.05, 4.69) is 48.2 Å². The molecule has 10 heteroatoms. The minimum Gasteiger partial charge on any atom is -0.437 e. The van der Waals surface area contributed by atoms with E-state index in [4.69, 9.17) is 4.74 Å². The zero-order valence-corrected chi connectivity index (χ0v) is 19.9. The van der Waals surface area contributed by atoms with Crippen LogP contribution in [-0.2, 0) is 0 Å². The van der Waals surface area contributed by atoms with E-state index in [1.165, 1.54) is 17.4 Å². The van der Waals surface area contributed by atoms with Crippen LogP contribution in [0.1, 0.15) is 0 Å². The lowest BCUT2D eigenvalue weighted by Gasteiger charge is -2.33. The first-order chi connectivity index (χ1) is 17.1. The van der Waals surface area contributed by atoms with Crippen molar-refractivity contribution in [3.05, 3.63) is 70.5 Å².